The lowest BCUT2D eigenvalue weighted by molar-refractivity contribution is 0.652. The maximum Gasteiger partial charge on any atom is 0.248 e. The minimum absolute atomic E-state index is 0.505. The first-order valence-electron chi connectivity index (χ1n) is 21.7. The Morgan fingerprint density at radius 1 is 0.359 bits per heavy atom. The Balaban J connectivity index is 1.07. The molecule has 0 saturated heterocycles. The Kier molecular flexibility index (Phi) is 6.59. The number of furan rings is 1. The topological polar surface area (TPSA) is 53.7 Å². The molecule has 0 saturated carbocycles. The molecule has 0 radical (unpaired) electrons. The van der Waals surface area contributed by atoms with Gasteiger partial charge in [-0.3, -0.25) is 4.57 Å². The van der Waals surface area contributed by atoms with Gasteiger partial charge in [-0.05, 0) is 71.8 Å². The zero-order valence-electron chi connectivity index (χ0n) is 34.2. The summed E-state index contributed by atoms with van der Waals surface area (Å²) in [4.78, 5) is 11.1. The summed E-state index contributed by atoms with van der Waals surface area (Å²) in [7, 11) is 0. The monoisotopic (exact) mass is 815 g/mol. The van der Waals surface area contributed by atoms with Crippen molar-refractivity contribution in [1.29, 1.82) is 0 Å². The van der Waals surface area contributed by atoms with E-state index in [0.717, 1.165) is 71.8 Å². The van der Waals surface area contributed by atoms with Crippen molar-refractivity contribution >= 4 is 87.6 Å². The molecule has 14 aromatic rings. The lowest BCUT2D eigenvalue weighted by Crippen LogP contribution is -2.03. The van der Waals surface area contributed by atoms with E-state index in [1.807, 2.05) is 18.2 Å². The van der Waals surface area contributed by atoms with Crippen LogP contribution in [0.5, 0.6) is 0 Å². The molecular formula is C58H33N5O. The van der Waals surface area contributed by atoms with Crippen LogP contribution >= 0.6 is 0 Å². The second-order valence-electron chi connectivity index (χ2n) is 16.9. The first-order chi connectivity index (χ1) is 31.8. The molecule has 0 amide bonds. The second kappa shape index (κ2) is 12.4. The first kappa shape index (κ1) is 33.9. The van der Waals surface area contributed by atoms with Crippen LogP contribution in [0.4, 0.5) is 0 Å². The van der Waals surface area contributed by atoms with Gasteiger partial charge >= 0.3 is 0 Å². The van der Waals surface area contributed by atoms with E-state index in [1.54, 1.807) is 0 Å². The van der Waals surface area contributed by atoms with E-state index in [4.69, 9.17) is 14.4 Å². The van der Waals surface area contributed by atoms with Crippen LogP contribution in [0.2, 0.25) is 0 Å². The van der Waals surface area contributed by atoms with Crippen LogP contribution in [-0.4, -0.2) is 23.7 Å². The number of fused-ring (bicyclic) bond motifs is 17. The number of nitrogens with zero attached hydrogens (tertiary/aromatic N) is 5. The van der Waals surface area contributed by atoms with Gasteiger partial charge in [-0.2, -0.15) is 4.98 Å². The number of hydrogen-bond donors (Lipinski definition) is 0. The lowest BCUT2D eigenvalue weighted by atomic mass is 9.94. The second-order valence-corrected chi connectivity index (χ2v) is 16.9. The van der Waals surface area contributed by atoms with Gasteiger partial charge < -0.3 is 13.6 Å². The van der Waals surface area contributed by atoms with Gasteiger partial charge in [0.15, 0.2) is 5.82 Å². The van der Waals surface area contributed by atoms with E-state index in [9.17, 15) is 0 Å². The van der Waals surface area contributed by atoms with Crippen molar-refractivity contribution in [3.63, 3.8) is 0 Å². The maximum atomic E-state index is 6.54. The number of hydrogen-bond acceptors (Lipinski definition) is 3. The van der Waals surface area contributed by atoms with Crippen molar-refractivity contribution in [3.8, 4) is 50.7 Å². The summed E-state index contributed by atoms with van der Waals surface area (Å²) in [5, 5.41) is 7.98. The van der Waals surface area contributed by atoms with Gasteiger partial charge in [-0.15, -0.1) is 0 Å². The fraction of sp³-hybridized carbons (Fsp3) is 0. The number of aromatic nitrogens is 5. The predicted molar refractivity (Wildman–Crippen MR) is 262 cm³/mol. The van der Waals surface area contributed by atoms with E-state index in [-0.39, 0.29) is 0 Å². The van der Waals surface area contributed by atoms with Crippen LogP contribution < -0.4 is 0 Å². The minimum atomic E-state index is 0.505. The highest BCUT2D eigenvalue weighted by Crippen LogP contribution is 2.48. The molecule has 0 atom stereocenters. The van der Waals surface area contributed by atoms with Gasteiger partial charge in [0.05, 0.1) is 38.8 Å². The predicted octanol–water partition coefficient (Wildman–Crippen LogP) is 15.0. The molecule has 5 aromatic heterocycles. The van der Waals surface area contributed by atoms with E-state index in [0.29, 0.717) is 11.5 Å². The molecule has 1 aliphatic heterocycles. The van der Waals surface area contributed by atoms with Gasteiger partial charge in [0.25, 0.3) is 0 Å². The summed E-state index contributed by atoms with van der Waals surface area (Å²) >= 11 is 0. The van der Waals surface area contributed by atoms with Crippen molar-refractivity contribution in [2.75, 3.05) is 0 Å². The lowest BCUT2D eigenvalue weighted by Gasteiger charge is -2.14. The maximum absolute atomic E-state index is 6.54. The molecule has 15 rings (SSSR count). The molecule has 6 heteroatoms. The summed E-state index contributed by atoms with van der Waals surface area (Å²) < 4.78 is 13.7. The third kappa shape index (κ3) is 4.43. The summed E-state index contributed by atoms with van der Waals surface area (Å²) in [6.45, 7) is 0. The van der Waals surface area contributed by atoms with Gasteiger partial charge in [0.2, 0.25) is 5.71 Å². The average Bonchev–Trinajstić information content (AvgIpc) is 4.06. The Hall–Kier alpha value is -8.74. The molecule has 6 nitrogen and oxygen atoms in total. The highest BCUT2D eigenvalue weighted by Gasteiger charge is 2.27. The fourth-order valence-electron chi connectivity index (χ4n) is 10.9. The average molecular weight is 816 g/mol. The first-order valence-corrected chi connectivity index (χ1v) is 21.7. The normalized spacial score (nSPS) is 12.4. The van der Waals surface area contributed by atoms with Crippen LogP contribution in [-0.2, 0) is 0 Å². The molecule has 0 N–H and O–H groups in total. The van der Waals surface area contributed by atoms with Crippen LogP contribution in [0.3, 0.4) is 0 Å². The standard InChI is InChI=1S/C58H33N5O/c1-2-15-35(16-3-1)61-47-25-10-7-20-39(47)41-30-29-34(31-50(41)61)54-57(60-58-55(59-54)44-22-9-13-28-53(44)64-58)63-49-27-12-8-21-40(49)45-32-51-46(33-52(45)63)43-24-14-23-42-37-18-5-4-17-36(37)38-19-6-11-26-48(38)62(51)56(42)43/h1-33H. The van der Waals surface area contributed by atoms with Crippen molar-refractivity contribution in [3.05, 3.63) is 200 Å². The number of para-hydroxylation sites is 6. The zero-order chi connectivity index (χ0) is 41.6. The van der Waals surface area contributed by atoms with E-state index in [2.05, 4.69) is 196 Å². The molecule has 0 aliphatic carbocycles. The molecule has 0 fully saturated rings. The molecule has 296 valence electrons. The van der Waals surface area contributed by atoms with Crippen LogP contribution in [0.25, 0.3) is 138 Å². The molecule has 1 aliphatic rings. The minimum Gasteiger partial charge on any atom is -0.436 e. The van der Waals surface area contributed by atoms with Crippen molar-refractivity contribution in [2.45, 2.75) is 0 Å². The third-order valence-corrected chi connectivity index (χ3v) is 13.6. The zero-order valence-corrected chi connectivity index (χ0v) is 34.2. The van der Waals surface area contributed by atoms with E-state index in [1.165, 1.54) is 55.0 Å². The Bertz CT molecular complexity index is 4320. The quantitative estimate of drug-likeness (QED) is 0.178. The van der Waals surface area contributed by atoms with Gasteiger partial charge in [0, 0.05) is 60.1 Å². The highest BCUT2D eigenvalue weighted by atomic mass is 16.3. The largest absolute Gasteiger partial charge is 0.436 e. The van der Waals surface area contributed by atoms with E-state index < -0.39 is 0 Å². The molecule has 0 spiro atoms. The van der Waals surface area contributed by atoms with Gasteiger partial charge in [0.1, 0.15) is 16.8 Å². The molecular weight excluding hydrogens is 783 g/mol. The van der Waals surface area contributed by atoms with Crippen LogP contribution in [0.15, 0.2) is 205 Å². The summed E-state index contributed by atoms with van der Waals surface area (Å²) in [5.74, 6) is 0.712. The third-order valence-electron chi connectivity index (χ3n) is 13.6. The number of benzene rings is 9. The van der Waals surface area contributed by atoms with Gasteiger partial charge in [-0.1, -0.05) is 140 Å². The number of rotatable bonds is 3. The Morgan fingerprint density at radius 3 is 1.77 bits per heavy atom. The van der Waals surface area contributed by atoms with Crippen molar-refractivity contribution in [2.24, 2.45) is 0 Å². The molecule has 64 heavy (non-hydrogen) atoms. The highest BCUT2D eigenvalue weighted by molar-refractivity contribution is 6.22. The molecule has 6 heterocycles. The van der Waals surface area contributed by atoms with Crippen molar-refractivity contribution in [1.82, 2.24) is 23.7 Å². The molecule has 9 aromatic carbocycles. The van der Waals surface area contributed by atoms with E-state index >= 15 is 0 Å². The molecule has 0 unspecified atom stereocenters. The van der Waals surface area contributed by atoms with Crippen LogP contribution in [0, 0.1) is 0 Å². The Labute approximate surface area is 365 Å². The SMILES string of the molecule is c1ccc(-n2c3ccccc3c3ccc(-c4nc5c(nc4-n4c6ccccc6c6cc7c(cc64)c4cccc6c4n7-c4ccccc4-c4ccccc4-6)oc4ccccc45)cc32)cc1. The van der Waals surface area contributed by atoms with Gasteiger partial charge in [-0.25, -0.2) is 4.98 Å². The Morgan fingerprint density at radius 2 is 0.938 bits per heavy atom. The molecule has 0 bridgehead atoms. The summed E-state index contributed by atoms with van der Waals surface area (Å²) in [5.41, 5.74) is 17.7. The fourth-order valence-corrected chi connectivity index (χ4v) is 10.9. The van der Waals surface area contributed by atoms with Crippen molar-refractivity contribution < 1.29 is 4.42 Å². The summed E-state index contributed by atoms with van der Waals surface area (Å²) in [6, 6.07) is 72.0. The van der Waals surface area contributed by atoms with Crippen LogP contribution in [0.1, 0.15) is 0 Å². The smallest absolute Gasteiger partial charge is 0.248 e. The summed E-state index contributed by atoms with van der Waals surface area (Å²) in [6.07, 6.45) is 0.